The number of methoxy groups -OCH3 is 1. The molecule has 0 aliphatic carbocycles. The van der Waals surface area contributed by atoms with Crippen LogP contribution < -0.4 is 26.0 Å². The minimum atomic E-state index is -0.881. The molecule has 4 rings (SSSR count). The van der Waals surface area contributed by atoms with Gasteiger partial charge < -0.3 is 49.5 Å². The molecule has 0 saturated heterocycles. The molecule has 4 aromatic rings. The summed E-state index contributed by atoms with van der Waals surface area (Å²) in [7, 11) is 1.30. The second-order valence-corrected chi connectivity index (χ2v) is 17.4. The van der Waals surface area contributed by atoms with E-state index < -0.39 is 35.7 Å². The maximum absolute atomic E-state index is 14.0. The van der Waals surface area contributed by atoms with Crippen LogP contribution in [0.1, 0.15) is 77.5 Å². The SMILES string of the molecule is COC(=O)C[C@H](NC(=O)[C@H](CC(C)C)NC(=O)CCCN(C(=O)OC(C)(C)C)c1cc(C)ccn1)c1ccc(-c2ccc(OCCOCCOCCOCCOCCN)c3ccccc23)cc1. The average Bonchev–Trinajstić information content (AvgIpc) is 3.29. The molecule has 3 aromatic carbocycles. The number of amides is 3. The zero-order valence-electron chi connectivity index (χ0n) is 40.3. The molecule has 0 radical (unpaired) electrons. The van der Waals surface area contributed by atoms with Gasteiger partial charge in [0, 0.05) is 31.1 Å². The molecule has 0 fully saturated rings. The van der Waals surface area contributed by atoms with Crippen LogP contribution in [-0.2, 0) is 42.8 Å². The molecule has 2 atom stereocenters. The standard InChI is InChI=1S/C51H71N5O11/c1-36(2)33-44(54-47(57)13-10-23-56(50(60)67-51(4,5)6)46-34-37(3)20-22-53-46)49(59)55-43(35-48(58)61-7)39-16-14-38(15-17-39)40-18-19-45(42-12-9-8-11-41(40)42)66-32-31-65-30-29-64-28-27-63-26-25-62-24-21-52/h8-9,11-12,14-20,22,34,36,43-44H,10,13,21,23-33,35,52H2,1-7H3,(H,54,57)(H,55,59)/t43-,44-/m0/s1. The lowest BCUT2D eigenvalue weighted by Gasteiger charge is -2.27. The van der Waals surface area contributed by atoms with Gasteiger partial charge in [0.25, 0.3) is 0 Å². The van der Waals surface area contributed by atoms with Crippen molar-refractivity contribution in [1.82, 2.24) is 15.6 Å². The van der Waals surface area contributed by atoms with E-state index in [1.165, 1.54) is 12.0 Å². The van der Waals surface area contributed by atoms with Crippen LogP contribution in [-0.4, -0.2) is 120 Å². The van der Waals surface area contributed by atoms with Gasteiger partial charge in [-0.2, -0.15) is 0 Å². The van der Waals surface area contributed by atoms with E-state index >= 15 is 0 Å². The molecule has 16 heteroatoms. The molecule has 0 aliphatic rings. The number of benzene rings is 3. The van der Waals surface area contributed by atoms with Gasteiger partial charge in [0.05, 0.1) is 72.4 Å². The van der Waals surface area contributed by atoms with Crippen LogP contribution in [0.3, 0.4) is 0 Å². The van der Waals surface area contributed by atoms with Gasteiger partial charge >= 0.3 is 12.1 Å². The fraction of sp³-hybridized carbons (Fsp3) is 0.510. The first-order valence-electron chi connectivity index (χ1n) is 23.0. The second-order valence-electron chi connectivity index (χ2n) is 17.4. The summed E-state index contributed by atoms with van der Waals surface area (Å²) in [6.07, 6.45) is 1.61. The summed E-state index contributed by atoms with van der Waals surface area (Å²) < 4.78 is 38.8. The van der Waals surface area contributed by atoms with Crippen LogP contribution >= 0.6 is 0 Å². The van der Waals surface area contributed by atoms with Gasteiger partial charge in [-0.3, -0.25) is 19.3 Å². The number of rotatable bonds is 29. The molecule has 0 unspecified atom stereocenters. The van der Waals surface area contributed by atoms with E-state index in [9.17, 15) is 19.2 Å². The number of nitrogens with two attached hydrogens (primary N) is 1. The number of esters is 1. The number of aromatic nitrogens is 1. The lowest BCUT2D eigenvalue weighted by Crippen LogP contribution is -2.48. The van der Waals surface area contributed by atoms with Crippen molar-refractivity contribution in [2.45, 2.75) is 84.9 Å². The fourth-order valence-corrected chi connectivity index (χ4v) is 7.03. The van der Waals surface area contributed by atoms with Crippen LogP contribution in [0, 0.1) is 12.8 Å². The average molecular weight is 930 g/mol. The summed E-state index contributed by atoms with van der Waals surface area (Å²) in [6.45, 7) is 16.0. The summed E-state index contributed by atoms with van der Waals surface area (Å²) in [5.74, 6) is -0.0715. The number of hydrogen-bond donors (Lipinski definition) is 3. The summed E-state index contributed by atoms with van der Waals surface area (Å²) >= 11 is 0. The van der Waals surface area contributed by atoms with E-state index in [2.05, 4.69) is 15.6 Å². The van der Waals surface area contributed by atoms with Crippen molar-refractivity contribution in [3.63, 3.8) is 0 Å². The number of anilines is 1. The van der Waals surface area contributed by atoms with Crippen molar-refractivity contribution >= 4 is 40.5 Å². The summed E-state index contributed by atoms with van der Waals surface area (Å²) in [4.78, 5) is 59.0. The number of nitrogens with one attached hydrogen (secondary N) is 2. The highest BCUT2D eigenvalue weighted by atomic mass is 16.6. The number of ether oxygens (including phenoxy) is 7. The Morgan fingerprint density at radius 1 is 0.776 bits per heavy atom. The van der Waals surface area contributed by atoms with Crippen molar-refractivity contribution in [1.29, 1.82) is 0 Å². The second kappa shape index (κ2) is 28.5. The Hall–Kier alpha value is -5.65. The quantitative estimate of drug-likeness (QED) is 0.0369. The van der Waals surface area contributed by atoms with Crippen LogP contribution in [0.4, 0.5) is 10.6 Å². The summed E-state index contributed by atoms with van der Waals surface area (Å²) in [6, 6.07) is 21.6. The van der Waals surface area contributed by atoms with E-state index in [1.54, 1.807) is 33.0 Å². The molecule has 1 heterocycles. The first kappa shape index (κ1) is 54.0. The lowest BCUT2D eigenvalue weighted by molar-refractivity contribution is -0.141. The highest BCUT2D eigenvalue weighted by Crippen LogP contribution is 2.35. The van der Waals surface area contributed by atoms with E-state index in [-0.39, 0.29) is 37.6 Å². The number of fused-ring (bicyclic) bond motifs is 1. The molecule has 0 bridgehead atoms. The minimum Gasteiger partial charge on any atom is -0.491 e. The third-order valence-electron chi connectivity index (χ3n) is 10.2. The Bertz CT molecular complexity index is 2140. The maximum atomic E-state index is 14.0. The van der Waals surface area contributed by atoms with E-state index in [0.29, 0.717) is 83.8 Å². The Kier molecular flexibility index (Phi) is 23.0. The molecule has 67 heavy (non-hydrogen) atoms. The van der Waals surface area contributed by atoms with Gasteiger partial charge in [0.1, 0.15) is 29.8 Å². The number of aryl methyl sites for hydroxylation is 1. The van der Waals surface area contributed by atoms with Crippen LogP contribution in [0.15, 0.2) is 79.0 Å². The highest BCUT2D eigenvalue weighted by molar-refractivity contribution is 6.00. The first-order chi connectivity index (χ1) is 32.2. The Morgan fingerprint density at radius 3 is 2.00 bits per heavy atom. The van der Waals surface area contributed by atoms with Gasteiger partial charge in [-0.15, -0.1) is 0 Å². The smallest absolute Gasteiger partial charge is 0.416 e. The number of hydrogen-bond acceptors (Lipinski definition) is 13. The highest BCUT2D eigenvalue weighted by Gasteiger charge is 2.28. The van der Waals surface area contributed by atoms with Gasteiger partial charge in [0.2, 0.25) is 11.8 Å². The molecule has 1 aromatic heterocycles. The molecule has 366 valence electrons. The van der Waals surface area contributed by atoms with E-state index in [1.807, 2.05) is 87.5 Å². The van der Waals surface area contributed by atoms with Crippen LogP contribution in [0.2, 0.25) is 0 Å². The number of carbonyl (C=O) groups is 4. The summed E-state index contributed by atoms with van der Waals surface area (Å²) in [5, 5.41) is 7.86. The predicted molar refractivity (Wildman–Crippen MR) is 258 cm³/mol. The fourth-order valence-electron chi connectivity index (χ4n) is 7.03. The minimum absolute atomic E-state index is 0.0393. The number of carbonyl (C=O) groups excluding carboxylic acids is 4. The lowest BCUT2D eigenvalue weighted by atomic mass is 9.95. The monoisotopic (exact) mass is 930 g/mol. The van der Waals surface area contributed by atoms with Crippen LogP contribution in [0.25, 0.3) is 21.9 Å². The Morgan fingerprint density at radius 2 is 1.40 bits per heavy atom. The van der Waals surface area contributed by atoms with E-state index in [4.69, 9.17) is 38.9 Å². The van der Waals surface area contributed by atoms with Crippen molar-refractivity contribution in [2.24, 2.45) is 11.7 Å². The molecular formula is C51H71N5O11. The van der Waals surface area contributed by atoms with Crippen molar-refractivity contribution < 1.29 is 52.3 Å². The summed E-state index contributed by atoms with van der Waals surface area (Å²) in [5.41, 5.74) is 8.18. The number of pyridine rings is 1. The van der Waals surface area contributed by atoms with Gasteiger partial charge in [0.15, 0.2) is 0 Å². The Balaban J connectivity index is 1.36. The van der Waals surface area contributed by atoms with E-state index in [0.717, 1.165) is 33.2 Å². The van der Waals surface area contributed by atoms with Crippen LogP contribution in [0.5, 0.6) is 5.75 Å². The third kappa shape index (κ3) is 19.2. The van der Waals surface area contributed by atoms with Crippen molar-refractivity contribution in [2.75, 3.05) is 84.6 Å². The molecule has 0 saturated carbocycles. The zero-order chi connectivity index (χ0) is 48.6. The van der Waals surface area contributed by atoms with Crippen molar-refractivity contribution in [3.05, 3.63) is 90.1 Å². The predicted octanol–water partition coefficient (Wildman–Crippen LogP) is 7.09. The molecule has 4 N–H and O–H groups in total. The van der Waals surface area contributed by atoms with Gasteiger partial charge in [-0.1, -0.05) is 68.4 Å². The van der Waals surface area contributed by atoms with Crippen molar-refractivity contribution in [3.8, 4) is 16.9 Å². The molecule has 0 spiro atoms. The normalized spacial score (nSPS) is 12.4. The Labute approximate surface area is 395 Å². The molecule has 16 nitrogen and oxygen atoms in total. The third-order valence-corrected chi connectivity index (χ3v) is 10.2. The number of nitrogens with zero attached hydrogens (tertiary/aromatic N) is 2. The van der Waals surface area contributed by atoms with Gasteiger partial charge in [-0.25, -0.2) is 9.78 Å². The largest absolute Gasteiger partial charge is 0.491 e. The zero-order valence-corrected chi connectivity index (χ0v) is 40.3. The maximum Gasteiger partial charge on any atom is 0.416 e. The molecule has 3 amide bonds. The topological polar surface area (TPSA) is 199 Å². The molecular weight excluding hydrogens is 859 g/mol. The first-order valence-corrected chi connectivity index (χ1v) is 23.0. The molecule has 0 aliphatic heterocycles. The van der Waals surface area contributed by atoms with Gasteiger partial charge in [-0.05, 0) is 92.3 Å².